The van der Waals surface area contributed by atoms with Gasteiger partial charge in [0.05, 0.1) is 24.0 Å². The van der Waals surface area contributed by atoms with E-state index in [1.54, 1.807) is 0 Å². The van der Waals surface area contributed by atoms with Gasteiger partial charge in [-0.1, -0.05) is 0 Å². The van der Waals surface area contributed by atoms with Crippen LogP contribution in [0, 0.1) is 0 Å². The molecule has 3 N–H and O–H groups in total. The molecule has 0 spiro atoms. The van der Waals surface area contributed by atoms with Crippen molar-refractivity contribution in [2.24, 2.45) is 0 Å². The fourth-order valence-corrected chi connectivity index (χ4v) is 2.46. The Bertz CT molecular complexity index is 176. The number of nitrogens with one attached hydrogen (secondary N) is 1. The van der Waals surface area contributed by atoms with Crippen molar-refractivity contribution in [2.75, 3.05) is 12.4 Å². The molecule has 1 rings (SSSR count). The number of aliphatic hydroxyl groups excluding tert-OH is 2. The Morgan fingerprint density at radius 2 is 2.42 bits per heavy atom. The summed E-state index contributed by atoms with van der Waals surface area (Å²) < 4.78 is 0. The van der Waals surface area contributed by atoms with Crippen LogP contribution in [0.1, 0.15) is 6.92 Å². The number of aliphatic hydroxyl groups is 2. The number of carbonyl (C=O) groups excluding carboxylic acids is 1. The number of rotatable bonds is 2. The highest BCUT2D eigenvalue weighted by atomic mass is 32.2. The van der Waals surface area contributed by atoms with Crippen molar-refractivity contribution in [3.05, 3.63) is 0 Å². The molecule has 1 saturated heterocycles. The third-order valence-corrected chi connectivity index (χ3v) is 3.26. The lowest BCUT2D eigenvalue weighted by Crippen LogP contribution is -2.44. The largest absolute Gasteiger partial charge is 0.395 e. The quantitative estimate of drug-likeness (QED) is 0.521. The summed E-state index contributed by atoms with van der Waals surface area (Å²) in [4.78, 5) is 10.6. The van der Waals surface area contributed by atoms with Crippen LogP contribution < -0.4 is 5.32 Å². The van der Waals surface area contributed by atoms with Gasteiger partial charge in [0, 0.05) is 12.7 Å². The van der Waals surface area contributed by atoms with E-state index in [9.17, 15) is 9.90 Å². The molecule has 3 unspecified atom stereocenters. The van der Waals surface area contributed by atoms with Crippen LogP contribution in [0.3, 0.4) is 0 Å². The molecule has 0 radical (unpaired) electrons. The summed E-state index contributed by atoms with van der Waals surface area (Å²) in [5.74, 6) is 0.532. The van der Waals surface area contributed by atoms with Crippen LogP contribution in [0.25, 0.3) is 0 Å². The highest BCUT2D eigenvalue weighted by Crippen LogP contribution is 2.26. The van der Waals surface area contributed by atoms with Crippen LogP contribution in [0.5, 0.6) is 0 Å². The standard InChI is InChI=1S/C7H13NO3S/c1-4(10)8-5-3-12-6(2-9)7(5)11/h5-7,9,11H,2-3H2,1H3,(H,8,10). The SMILES string of the molecule is CC(=O)NC1CSC(CO)C1O. The first kappa shape index (κ1) is 9.83. The Kier molecular flexibility index (Phi) is 3.37. The molecule has 0 aromatic heterocycles. The molecule has 70 valence electrons. The summed E-state index contributed by atoms with van der Waals surface area (Å²) in [7, 11) is 0. The topological polar surface area (TPSA) is 69.6 Å². The number of carbonyl (C=O) groups is 1. The zero-order valence-corrected chi connectivity index (χ0v) is 7.67. The summed E-state index contributed by atoms with van der Waals surface area (Å²) in [5, 5.41) is 20.8. The summed E-state index contributed by atoms with van der Waals surface area (Å²) in [6.07, 6.45) is -0.621. The van der Waals surface area contributed by atoms with Crippen molar-refractivity contribution in [1.82, 2.24) is 5.32 Å². The first-order chi connectivity index (χ1) is 5.65. The smallest absolute Gasteiger partial charge is 0.217 e. The van der Waals surface area contributed by atoms with Gasteiger partial charge in [0.2, 0.25) is 5.91 Å². The van der Waals surface area contributed by atoms with E-state index in [-0.39, 0.29) is 23.8 Å². The molecule has 0 aromatic rings. The van der Waals surface area contributed by atoms with E-state index in [2.05, 4.69) is 5.32 Å². The van der Waals surface area contributed by atoms with E-state index in [0.29, 0.717) is 5.75 Å². The van der Waals surface area contributed by atoms with Gasteiger partial charge < -0.3 is 15.5 Å². The number of hydrogen-bond donors (Lipinski definition) is 3. The van der Waals surface area contributed by atoms with Gasteiger partial charge in [-0.25, -0.2) is 0 Å². The predicted octanol–water partition coefficient (Wildman–Crippen LogP) is -1.04. The van der Waals surface area contributed by atoms with E-state index in [0.717, 1.165) is 0 Å². The predicted molar refractivity (Wildman–Crippen MR) is 46.9 cm³/mol. The van der Waals surface area contributed by atoms with Gasteiger partial charge >= 0.3 is 0 Å². The van der Waals surface area contributed by atoms with Gasteiger partial charge in [-0.3, -0.25) is 4.79 Å². The lowest BCUT2D eigenvalue weighted by Gasteiger charge is -2.17. The molecule has 0 aliphatic carbocycles. The molecular weight excluding hydrogens is 178 g/mol. The first-order valence-electron chi connectivity index (χ1n) is 3.82. The summed E-state index contributed by atoms with van der Waals surface area (Å²) in [5.41, 5.74) is 0. The minimum atomic E-state index is -0.621. The summed E-state index contributed by atoms with van der Waals surface area (Å²) >= 11 is 1.49. The molecule has 3 atom stereocenters. The highest BCUT2D eigenvalue weighted by molar-refractivity contribution is 8.00. The lowest BCUT2D eigenvalue weighted by molar-refractivity contribution is -0.120. The molecule has 0 saturated carbocycles. The third-order valence-electron chi connectivity index (χ3n) is 1.85. The molecule has 12 heavy (non-hydrogen) atoms. The number of thioether (sulfide) groups is 1. The molecule has 1 fully saturated rings. The van der Waals surface area contributed by atoms with Crippen LogP contribution in [0.4, 0.5) is 0 Å². The minimum Gasteiger partial charge on any atom is -0.395 e. The molecule has 1 amide bonds. The van der Waals surface area contributed by atoms with E-state index in [1.807, 2.05) is 0 Å². The van der Waals surface area contributed by atoms with Gasteiger partial charge in [0.15, 0.2) is 0 Å². The van der Waals surface area contributed by atoms with Gasteiger partial charge in [-0.15, -0.1) is 0 Å². The first-order valence-corrected chi connectivity index (χ1v) is 4.87. The van der Waals surface area contributed by atoms with Crippen LogP contribution in [0.15, 0.2) is 0 Å². The Morgan fingerprint density at radius 3 is 2.83 bits per heavy atom. The van der Waals surface area contributed by atoms with Crippen molar-refractivity contribution >= 4 is 17.7 Å². The van der Waals surface area contributed by atoms with Crippen molar-refractivity contribution < 1.29 is 15.0 Å². The van der Waals surface area contributed by atoms with Crippen molar-refractivity contribution in [3.63, 3.8) is 0 Å². The molecule has 0 aromatic carbocycles. The Labute approximate surface area is 75.3 Å². The van der Waals surface area contributed by atoms with Crippen molar-refractivity contribution in [1.29, 1.82) is 0 Å². The summed E-state index contributed by atoms with van der Waals surface area (Å²) in [6.45, 7) is 1.38. The maximum atomic E-state index is 10.6. The van der Waals surface area contributed by atoms with E-state index in [4.69, 9.17) is 5.11 Å². The second-order valence-electron chi connectivity index (χ2n) is 2.85. The lowest BCUT2D eigenvalue weighted by atomic mass is 10.1. The Hall–Kier alpha value is -0.260. The molecule has 1 heterocycles. The molecule has 4 nitrogen and oxygen atoms in total. The van der Waals surface area contributed by atoms with Crippen LogP contribution >= 0.6 is 11.8 Å². The molecule has 1 aliphatic rings. The normalized spacial score (nSPS) is 35.1. The monoisotopic (exact) mass is 191 g/mol. The molecule has 1 aliphatic heterocycles. The maximum Gasteiger partial charge on any atom is 0.217 e. The summed E-state index contributed by atoms with van der Waals surface area (Å²) in [6, 6.07) is -0.204. The molecule has 0 bridgehead atoms. The van der Waals surface area contributed by atoms with E-state index in [1.165, 1.54) is 18.7 Å². The van der Waals surface area contributed by atoms with Crippen LogP contribution in [0.2, 0.25) is 0 Å². The van der Waals surface area contributed by atoms with Crippen molar-refractivity contribution in [3.8, 4) is 0 Å². The van der Waals surface area contributed by atoms with Gasteiger partial charge in [0.1, 0.15) is 0 Å². The van der Waals surface area contributed by atoms with Crippen LogP contribution in [-0.2, 0) is 4.79 Å². The number of hydrogen-bond acceptors (Lipinski definition) is 4. The third kappa shape index (κ3) is 2.12. The minimum absolute atomic E-state index is 0.0398. The highest BCUT2D eigenvalue weighted by Gasteiger charge is 2.35. The fraction of sp³-hybridized carbons (Fsp3) is 0.857. The second kappa shape index (κ2) is 4.11. The van der Waals surface area contributed by atoms with Gasteiger partial charge in [-0.2, -0.15) is 11.8 Å². The molecule has 5 heteroatoms. The Balaban J connectivity index is 2.43. The zero-order valence-electron chi connectivity index (χ0n) is 6.86. The number of amides is 1. The second-order valence-corrected chi connectivity index (χ2v) is 4.12. The molecular formula is C7H13NO3S. The zero-order chi connectivity index (χ0) is 9.14. The fourth-order valence-electron chi connectivity index (χ4n) is 1.23. The average Bonchev–Trinajstić information content (AvgIpc) is 2.32. The van der Waals surface area contributed by atoms with Gasteiger partial charge in [-0.05, 0) is 0 Å². The maximum absolute atomic E-state index is 10.6. The van der Waals surface area contributed by atoms with E-state index < -0.39 is 6.10 Å². The van der Waals surface area contributed by atoms with Crippen molar-refractivity contribution in [2.45, 2.75) is 24.3 Å². The average molecular weight is 191 g/mol. The van der Waals surface area contributed by atoms with E-state index >= 15 is 0 Å². The Morgan fingerprint density at radius 1 is 1.75 bits per heavy atom. The van der Waals surface area contributed by atoms with Crippen LogP contribution in [-0.4, -0.2) is 45.9 Å². The van der Waals surface area contributed by atoms with Gasteiger partial charge in [0.25, 0.3) is 0 Å².